The summed E-state index contributed by atoms with van der Waals surface area (Å²) in [5, 5.41) is 1.47. The molecule has 0 atom stereocenters. The van der Waals surface area contributed by atoms with E-state index in [0.717, 1.165) is 25.8 Å². The predicted molar refractivity (Wildman–Crippen MR) is 90.9 cm³/mol. The number of aromatic nitrogens is 2. The average Bonchev–Trinajstić information content (AvgIpc) is 2.76. The summed E-state index contributed by atoms with van der Waals surface area (Å²) in [5.41, 5.74) is 1.83. The molecule has 0 aliphatic carbocycles. The Hall–Kier alpha value is -0.880. The van der Waals surface area contributed by atoms with E-state index in [1.165, 1.54) is 11.3 Å². The van der Waals surface area contributed by atoms with E-state index >= 15 is 0 Å². The highest BCUT2D eigenvalue weighted by Crippen LogP contribution is 2.32. The van der Waals surface area contributed by atoms with Crippen LogP contribution in [0.1, 0.15) is 10.4 Å². The van der Waals surface area contributed by atoms with Crippen LogP contribution < -0.4 is 4.74 Å². The standard InChI is InChI=1S/C14H9BrCl2N2OS/c1-20-13-8(6-11-12(16)19-14(17)21-11)4-7-5-9(15)2-3-10(7)18-13/h2-5H,6H2,1H3. The molecular formula is C14H9BrCl2N2OS. The van der Waals surface area contributed by atoms with E-state index in [-0.39, 0.29) is 0 Å². The Morgan fingerprint density at radius 2 is 2.05 bits per heavy atom. The first kappa shape index (κ1) is 15.0. The van der Waals surface area contributed by atoms with Crippen LogP contribution in [-0.4, -0.2) is 17.1 Å². The second-order valence-electron chi connectivity index (χ2n) is 4.35. The summed E-state index contributed by atoms with van der Waals surface area (Å²) < 4.78 is 6.83. The van der Waals surface area contributed by atoms with Gasteiger partial charge in [0, 0.05) is 26.7 Å². The first-order chi connectivity index (χ1) is 10.1. The van der Waals surface area contributed by atoms with Crippen molar-refractivity contribution in [2.24, 2.45) is 0 Å². The molecule has 0 radical (unpaired) electrons. The molecule has 0 unspecified atom stereocenters. The van der Waals surface area contributed by atoms with Crippen molar-refractivity contribution in [3.8, 4) is 5.88 Å². The zero-order chi connectivity index (χ0) is 15.0. The highest BCUT2D eigenvalue weighted by atomic mass is 79.9. The molecule has 0 fully saturated rings. The largest absolute Gasteiger partial charge is 0.481 e. The summed E-state index contributed by atoms with van der Waals surface area (Å²) in [6, 6.07) is 7.97. The molecule has 0 spiro atoms. The number of rotatable bonds is 3. The zero-order valence-corrected chi connectivity index (χ0v) is 14.8. The number of thiazole rings is 1. The Kier molecular flexibility index (Phi) is 4.36. The molecule has 21 heavy (non-hydrogen) atoms. The van der Waals surface area contributed by atoms with Crippen molar-refractivity contribution in [2.45, 2.75) is 6.42 Å². The summed E-state index contributed by atoms with van der Waals surface area (Å²) in [7, 11) is 1.61. The average molecular weight is 404 g/mol. The van der Waals surface area contributed by atoms with Crippen molar-refractivity contribution in [2.75, 3.05) is 7.11 Å². The summed E-state index contributed by atoms with van der Waals surface area (Å²) in [6.07, 6.45) is 0.585. The Bertz CT molecular complexity index is 822. The monoisotopic (exact) mass is 402 g/mol. The van der Waals surface area contributed by atoms with Gasteiger partial charge in [0.05, 0.1) is 12.6 Å². The van der Waals surface area contributed by atoms with E-state index in [1.807, 2.05) is 18.2 Å². The van der Waals surface area contributed by atoms with Crippen molar-refractivity contribution >= 4 is 61.4 Å². The third-order valence-corrected chi connectivity index (χ3v) is 5.06. The molecule has 2 heterocycles. The van der Waals surface area contributed by atoms with Gasteiger partial charge in [-0.25, -0.2) is 9.97 Å². The fraction of sp³-hybridized carbons (Fsp3) is 0.143. The van der Waals surface area contributed by atoms with Crippen molar-refractivity contribution in [1.82, 2.24) is 9.97 Å². The molecule has 0 aliphatic heterocycles. The lowest BCUT2D eigenvalue weighted by atomic mass is 10.1. The second kappa shape index (κ2) is 6.08. The minimum atomic E-state index is 0.432. The van der Waals surface area contributed by atoms with Crippen molar-refractivity contribution in [3.05, 3.63) is 48.8 Å². The van der Waals surface area contributed by atoms with Gasteiger partial charge in [-0.1, -0.05) is 39.1 Å². The number of hydrogen-bond acceptors (Lipinski definition) is 4. The van der Waals surface area contributed by atoms with Gasteiger partial charge >= 0.3 is 0 Å². The van der Waals surface area contributed by atoms with Crippen molar-refractivity contribution < 1.29 is 4.74 Å². The van der Waals surface area contributed by atoms with E-state index < -0.39 is 0 Å². The van der Waals surface area contributed by atoms with Gasteiger partial charge in [0.25, 0.3) is 0 Å². The zero-order valence-electron chi connectivity index (χ0n) is 10.9. The van der Waals surface area contributed by atoms with Crippen LogP contribution in [0.3, 0.4) is 0 Å². The number of halogens is 3. The molecule has 0 amide bonds. The van der Waals surface area contributed by atoms with Gasteiger partial charge in [0.1, 0.15) is 5.15 Å². The van der Waals surface area contributed by atoms with Gasteiger partial charge in [0.2, 0.25) is 5.88 Å². The normalized spacial score (nSPS) is 11.0. The van der Waals surface area contributed by atoms with E-state index in [2.05, 4.69) is 32.0 Å². The summed E-state index contributed by atoms with van der Waals surface area (Å²) >= 11 is 16.8. The first-order valence-corrected chi connectivity index (χ1v) is 8.37. The van der Waals surface area contributed by atoms with Gasteiger partial charge in [-0.3, -0.25) is 0 Å². The topological polar surface area (TPSA) is 35.0 Å². The summed E-state index contributed by atoms with van der Waals surface area (Å²) in [4.78, 5) is 9.45. The Labute approximate surface area is 144 Å². The molecule has 2 aromatic heterocycles. The van der Waals surface area contributed by atoms with Gasteiger partial charge in [0.15, 0.2) is 4.47 Å². The molecule has 108 valence electrons. The van der Waals surface area contributed by atoms with E-state index in [9.17, 15) is 0 Å². The number of methoxy groups -OCH3 is 1. The van der Waals surface area contributed by atoms with Crippen LogP contribution in [0.15, 0.2) is 28.7 Å². The highest BCUT2D eigenvalue weighted by molar-refractivity contribution is 9.10. The number of hydrogen-bond donors (Lipinski definition) is 0. The van der Waals surface area contributed by atoms with Gasteiger partial charge < -0.3 is 4.74 Å². The Morgan fingerprint density at radius 1 is 1.24 bits per heavy atom. The van der Waals surface area contributed by atoms with E-state index in [0.29, 0.717) is 21.9 Å². The van der Waals surface area contributed by atoms with Crippen molar-refractivity contribution in [1.29, 1.82) is 0 Å². The maximum atomic E-state index is 6.08. The third-order valence-electron chi connectivity index (χ3n) is 2.98. The minimum absolute atomic E-state index is 0.432. The van der Waals surface area contributed by atoms with Crippen LogP contribution in [0.25, 0.3) is 10.9 Å². The highest BCUT2D eigenvalue weighted by Gasteiger charge is 2.14. The van der Waals surface area contributed by atoms with Crippen LogP contribution >= 0.6 is 50.5 Å². The summed E-state index contributed by atoms with van der Waals surface area (Å²) in [5.74, 6) is 0.588. The fourth-order valence-corrected chi connectivity index (χ4v) is 3.87. The molecule has 0 aliphatic rings. The molecular weight excluding hydrogens is 395 g/mol. The van der Waals surface area contributed by atoms with E-state index in [4.69, 9.17) is 27.9 Å². The molecule has 0 saturated heterocycles. The van der Waals surface area contributed by atoms with E-state index in [1.54, 1.807) is 7.11 Å². The predicted octanol–water partition coefficient (Wildman–Crippen LogP) is 5.36. The quantitative estimate of drug-likeness (QED) is 0.590. The first-order valence-electron chi connectivity index (χ1n) is 6.00. The molecule has 3 aromatic rings. The van der Waals surface area contributed by atoms with Crippen LogP contribution in [0.4, 0.5) is 0 Å². The van der Waals surface area contributed by atoms with Crippen LogP contribution in [-0.2, 0) is 6.42 Å². The lowest BCUT2D eigenvalue weighted by Gasteiger charge is -2.09. The molecule has 0 saturated carbocycles. The van der Waals surface area contributed by atoms with Crippen LogP contribution in [0.5, 0.6) is 5.88 Å². The van der Waals surface area contributed by atoms with Gasteiger partial charge in [-0.15, -0.1) is 11.3 Å². The maximum absolute atomic E-state index is 6.08. The van der Waals surface area contributed by atoms with Gasteiger partial charge in [-0.05, 0) is 24.3 Å². The minimum Gasteiger partial charge on any atom is -0.481 e. The Morgan fingerprint density at radius 3 is 2.71 bits per heavy atom. The maximum Gasteiger partial charge on any atom is 0.217 e. The third kappa shape index (κ3) is 3.16. The van der Waals surface area contributed by atoms with Crippen LogP contribution in [0.2, 0.25) is 9.62 Å². The molecule has 3 nitrogen and oxygen atoms in total. The number of pyridine rings is 1. The SMILES string of the molecule is COc1nc2ccc(Br)cc2cc1Cc1sc(Cl)nc1Cl. The number of fused-ring (bicyclic) bond motifs is 1. The van der Waals surface area contributed by atoms with Gasteiger partial charge in [-0.2, -0.15) is 0 Å². The fourth-order valence-electron chi connectivity index (χ4n) is 2.06. The molecule has 0 N–H and O–H groups in total. The molecule has 3 rings (SSSR count). The number of ether oxygens (including phenoxy) is 1. The smallest absolute Gasteiger partial charge is 0.217 e. The second-order valence-corrected chi connectivity index (χ2v) is 7.29. The molecule has 0 bridgehead atoms. The number of nitrogens with zero attached hydrogens (tertiary/aromatic N) is 2. The molecule has 1 aromatic carbocycles. The van der Waals surface area contributed by atoms with Crippen molar-refractivity contribution in [3.63, 3.8) is 0 Å². The lowest BCUT2D eigenvalue weighted by molar-refractivity contribution is 0.395. The summed E-state index contributed by atoms with van der Waals surface area (Å²) in [6.45, 7) is 0. The van der Waals surface area contributed by atoms with Crippen LogP contribution in [0, 0.1) is 0 Å². The Balaban J connectivity index is 2.09. The lowest BCUT2D eigenvalue weighted by Crippen LogP contribution is -1.97. The number of benzene rings is 1. The molecule has 7 heteroatoms.